The second kappa shape index (κ2) is 7.10. The zero-order valence-corrected chi connectivity index (χ0v) is 13.0. The summed E-state index contributed by atoms with van der Waals surface area (Å²) in [7, 11) is 0. The van der Waals surface area contributed by atoms with Crippen molar-refractivity contribution in [2.75, 3.05) is 5.32 Å². The van der Waals surface area contributed by atoms with Crippen molar-refractivity contribution in [2.45, 2.75) is 0 Å². The van der Waals surface area contributed by atoms with E-state index in [1.165, 1.54) is 6.07 Å². The highest BCUT2D eigenvalue weighted by Gasteiger charge is 2.10. The summed E-state index contributed by atoms with van der Waals surface area (Å²) in [5.74, 6) is 0.862. The highest BCUT2D eigenvalue weighted by Crippen LogP contribution is 2.26. The minimum atomic E-state index is 0.0325. The van der Waals surface area contributed by atoms with Gasteiger partial charge < -0.3 is 10.2 Å². The summed E-state index contributed by atoms with van der Waals surface area (Å²) in [5, 5.41) is 30.5. The molecule has 3 rings (SSSR count). The van der Waals surface area contributed by atoms with Gasteiger partial charge in [0.1, 0.15) is 11.5 Å². The largest absolute Gasteiger partial charge is 0.508 e. The predicted octanol–water partition coefficient (Wildman–Crippen LogP) is 3.01. The van der Waals surface area contributed by atoms with Gasteiger partial charge in [0.15, 0.2) is 17.8 Å². The molecule has 0 unspecified atom stereocenters. The predicted molar refractivity (Wildman–Crippen MR) is 93.2 cm³/mol. The molecular weight excluding hydrogens is 318 g/mol. The van der Waals surface area contributed by atoms with Crippen LogP contribution in [0.2, 0.25) is 0 Å². The standard InChI is InChI=1S/C18H13N5O2/c19-11-20-18-22-16(10-7-12-5-8-13(24)9-6-12)21-17(23-18)14-3-1-2-4-15(14)25/h1-10,24-25H,(H,20,21,22,23)/b10-7+. The Morgan fingerprint density at radius 3 is 2.40 bits per heavy atom. The van der Waals surface area contributed by atoms with Crippen LogP contribution < -0.4 is 5.32 Å². The van der Waals surface area contributed by atoms with Gasteiger partial charge in [-0.2, -0.15) is 15.2 Å². The highest BCUT2D eigenvalue weighted by atomic mass is 16.3. The number of aromatic nitrogens is 3. The molecule has 0 spiro atoms. The molecule has 0 amide bonds. The minimum Gasteiger partial charge on any atom is -0.508 e. The maximum Gasteiger partial charge on any atom is 0.240 e. The number of hydrogen-bond donors (Lipinski definition) is 3. The molecule has 3 aromatic rings. The smallest absolute Gasteiger partial charge is 0.240 e. The molecule has 0 aliphatic carbocycles. The Hall–Kier alpha value is -3.92. The van der Waals surface area contributed by atoms with E-state index in [0.717, 1.165) is 5.56 Å². The highest BCUT2D eigenvalue weighted by molar-refractivity contribution is 5.70. The number of phenolic OH excluding ortho intramolecular Hbond substituents is 2. The average Bonchev–Trinajstić information content (AvgIpc) is 2.62. The van der Waals surface area contributed by atoms with Gasteiger partial charge in [-0.05, 0) is 35.9 Å². The fourth-order valence-electron chi connectivity index (χ4n) is 2.11. The van der Waals surface area contributed by atoms with Crippen molar-refractivity contribution in [1.82, 2.24) is 15.0 Å². The molecule has 1 aromatic heterocycles. The number of nitriles is 1. The summed E-state index contributed by atoms with van der Waals surface area (Å²) >= 11 is 0. The van der Waals surface area contributed by atoms with Crippen molar-refractivity contribution >= 4 is 18.1 Å². The molecular formula is C18H13N5O2. The molecule has 0 bridgehead atoms. The quantitative estimate of drug-likeness (QED) is 0.497. The van der Waals surface area contributed by atoms with E-state index in [1.54, 1.807) is 60.8 Å². The second-order valence-electron chi connectivity index (χ2n) is 5.02. The van der Waals surface area contributed by atoms with Crippen LogP contribution in [0.1, 0.15) is 11.4 Å². The first-order valence-electron chi connectivity index (χ1n) is 7.32. The third kappa shape index (κ3) is 3.89. The van der Waals surface area contributed by atoms with E-state index >= 15 is 0 Å². The third-order valence-electron chi connectivity index (χ3n) is 3.28. The summed E-state index contributed by atoms with van der Waals surface area (Å²) in [6, 6.07) is 13.3. The van der Waals surface area contributed by atoms with Gasteiger partial charge in [-0.3, -0.25) is 5.32 Å². The summed E-state index contributed by atoms with van der Waals surface area (Å²) in [6.45, 7) is 0. The van der Waals surface area contributed by atoms with Gasteiger partial charge in [-0.25, -0.2) is 4.98 Å². The molecule has 0 fully saturated rings. The lowest BCUT2D eigenvalue weighted by molar-refractivity contribution is 0.475. The maximum absolute atomic E-state index is 9.98. The Morgan fingerprint density at radius 2 is 1.68 bits per heavy atom. The van der Waals surface area contributed by atoms with E-state index in [2.05, 4.69) is 20.3 Å². The fraction of sp³-hybridized carbons (Fsp3) is 0. The third-order valence-corrected chi connectivity index (χ3v) is 3.28. The molecule has 0 aliphatic rings. The molecule has 0 saturated carbocycles. The zero-order valence-electron chi connectivity index (χ0n) is 13.0. The number of nitrogens with zero attached hydrogens (tertiary/aromatic N) is 4. The molecule has 1 heterocycles. The number of para-hydroxylation sites is 1. The van der Waals surface area contributed by atoms with Crippen molar-refractivity contribution in [3.05, 3.63) is 59.9 Å². The van der Waals surface area contributed by atoms with Gasteiger partial charge in [0.2, 0.25) is 5.95 Å². The lowest BCUT2D eigenvalue weighted by atomic mass is 10.2. The summed E-state index contributed by atoms with van der Waals surface area (Å²) in [6.07, 6.45) is 5.18. The number of aromatic hydroxyl groups is 2. The van der Waals surface area contributed by atoms with Crippen molar-refractivity contribution in [3.63, 3.8) is 0 Å². The molecule has 25 heavy (non-hydrogen) atoms. The molecule has 122 valence electrons. The van der Waals surface area contributed by atoms with Crippen LogP contribution in [0, 0.1) is 11.5 Å². The van der Waals surface area contributed by atoms with Gasteiger partial charge in [0.25, 0.3) is 0 Å². The molecule has 0 saturated heterocycles. The number of phenols is 2. The normalized spacial score (nSPS) is 10.5. The summed E-state index contributed by atoms with van der Waals surface area (Å²) in [4.78, 5) is 12.6. The average molecular weight is 331 g/mol. The number of anilines is 1. The van der Waals surface area contributed by atoms with Gasteiger partial charge in [0, 0.05) is 0 Å². The minimum absolute atomic E-state index is 0.0325. The van der Waals surface area contributed by atoms with Crippen molar-refractivity contribution in [3.8, 4) is 29.1 Å². The van der Waals surface area contributed by atoms with Crippen LogP contribution in [0.3, 0.4) is 0 Å². The van der Waals surface area contributed by atoms with E-state index in [0.29, 0.717) is 11.4 Å². The van der Waals surface area contributed by atoms with Crippen LogP contribution in [-0.4, -0.2) is 25.2 Å². The van der Waals surface area contributed by atoms with Gasteiger partial charge in [-0.15, -0.1) is 0 Å². The maximum atomic E-state index is 9.98. The molecule has 2 aromatic carbocycles. The monoisotopic (exact) mass is 331 g/mol. The Morgan fingerprint density at radius 1 is 0.920 bits per heavy atom. The first kappa shape index (κ1) is 16.0. The second-order valence-corrected chi connectivity index (χ2v) is 5.02. The summed E-state index contributed by atoms with van der Waals surface area (Å²) in [5.41, 5.74) is 1.28. The van der Waals surface area contributed by atoms with Crippen molar-refractivity contribution < 1.29 is 10.2 Å². The van der Waals surface area contributed by atoms with E-state index < -0.39 is 0 Å². The van der Waals surface area contributed by atoms with Crippen molar-refractivity contribution in [1.29, 1.82) is 5.26 Å². The molecule has 0 radical (unpaired) electrons. The number of nitrogens with one attached hydrogen (secondary N) is 1. The lowest BCUT2D eigenvalue weighted by Crippen LogP contribution is -2.02. The molecule has 0 aliphatic heterocycles. The van der Waals surface area contributed by atoms with Crippen molar-refractivity contribution in [2.24, 2.45) is 0 Å². The van der Waals surface area contributed by atoms with Gasteiger partial charge in [-0.1, -0.05) is 30.3 Å². The summed E-state index contributed by atoms with van der Waals surface area (Å²) < 4.78 is 0. The Balaban J connectivity index is 2.00. The Kier molecular flexibility index (Phi) is 4.53. The van der Waals surface area contributed by atoms with E-state index in [4.69, 9.17) is 5.26 Å². The van der Waals surface area contributed by atoms with E-state index in [1.807, 2.05) is 0 Å². The van der Waals surface area contributed by atoms with Crippen LogP contribution in [0.5, 0.6) is 11.5 Å². The van der Waals surface area contributed by atoms with Gasteiger partial charge in [0.05, 0.1) is 5.56 Å². The zero-order chi connectivity index (χ0) is 17.6. The van der Waals surface area contributed by atoms with Crippen LogP contribution in [0.15, 0.2) is 48.5 Å². The Bertz CT molecular complexity index is 962. The SMILES string of the molecule is N#CNc1nc(/C=C/c2ccc(O)cc2)nc(-c2ccccc2O)n1. The fourth-order valence-corrected chi connectivity index (χ4v) is 2.11. The molecule has 3 N–H and O–H groups in total. The molecule has 7 nitrogen and oxygen atoms in total. The Labute approximate surface area is 143 Å². The number of benzene rings is 2. The lowest BCUT2D eigenvalue weighted by Gasteiger charge is -2.05. The van der Waals surface area contributed by atoms with Crippen LogP contribution in [0.25, 0.3) is 23.5 Å². The topological polar surface area (TPSA) is 115 Å². The van der Waals surface area contributed by atoms with Crippen LogP contribution in [0.4, 0.5) is 5.95 Å². The molecule has 7 heteroatoms. The molecule has 0 atom stereocenters. The van der Waals surface area contributed by atoms with Crippen LogP contribution >= 0.6 is 0 Å². The van der Waals surface area contributed by atoms with Crippen LogP contribution in [-0.2, 0) is 0 Å². The number of hydrogen-bond acceptors (Lipinski definition) is 7. The first-order chi connectivity index (χ1) is 12.2. The van der Waals surface area contributed by atoms with E-state index in [9.17, 15) is 10.2 Å². The number of rotatable bonds is 4. The van der Waals surface area contributed by atoms with Gasteiger partial charge >= 0.3 is 0 Å². The van der Waals surface area contributed by atoms with E-state index in [-0.39, 0.29) is 23.3 Å². The first-order valence-corrected chi connectivity index (χ1v) is 7.32.